The lowest BCUT2D eigenvalue weighted by Crippen LogP contribution is -2.28. The van der Waals surface area contributed by atoms with Gasteiger partial charge < -0.3 is 19.0 Å². The summed E-state index contributed by atoms with van der Waals surface area (Å²) >= 11 is 0. The van der Waals surface area contributed by atoms with Crippen LogP contribution >= 0.6 is 0 Å². The fraction of sp³-hybridized carbons (Fsp3) is 0.200. The molecule has 0 aliphatic heterocycles. The number of ether oxygens (including phenoxy) is 2. The van der Waals surface area contributed by atoms with Gasteiger partial charge in [-0.3, -0.25) is 4.79 Å². The van der Waals surface area contributed by atoms with Gasteiger partial charge in [-0.25, -0.2) is 4.79 Å². The summed E-state index contributed by atoms with van der Waals surface area (Å²) < 4.78 is 41.2. The van der Waals surface area contributed by atoms with Gasteiger partial charge in [0.15, 0.2) is 12.4 Å². The molecule has 0 aliphatic carbocycles. The molecular weight excluding hydrogens is 458 g/mol. The van der Waals surface area contributed by atoms with Gasteiger partial charge in [0.05, 0.1) is 7.11 Å². The molecule has 34 heavy (non-hydrogen) atoms. The third kappa shape index (κ3) is 6.35. The van der Waals surface area contributed by atoms with Crippen LogP contribution in [-0.4, -0.2) is 34.0 Å². The van der Waals surface area contributed by atoms with Crippen molar-refractivity contribution in [2.24, 2.45) is 0 Å². The highest BCUT2D eigenvalue weighted by Crippen LogP contribution is 2.26. The van der Waals surface area contributed by atoms with Crippen LogP contribution in [0.3, 0.4) is 0 Å². The van der Waals surface area contributed by atoms with Crippen molar-refractivity contribution in [2.45, 2.75) is 25.3 Å². The molecule has 0 aromatic heterocycles. The van der Waals surface area contributed by atoms with Crippen LogP contribution in [0.2, 0.25) is 0 Å². The lowest BCUT2D eigenvalue weighted by Gasteiger charge is -2.13. The number of hydrogen-bond donors (Lipinski definition) is 1. The summed E-state index contributed by atoms with van der Waals surface area (Å²) in [5.74, 6) is -0.934. The lowest BCUT2D eigenvalue weighted by molar-refractivity contribution is -0.124. The van der Waals surface area contributed by atoms with Crippen LogP contribution in [0.15, 0.2) is 71.6 Å². The number of amides is 1. The van der Waals surface area contributed by atoms with Crippen LogP contribution < -0.4 is 14.2 Å². The monoisotopic (exact) mass is 483 g/mol. The van der Waals surface area contributed by atoms with Crippen LogP contribution in [0.25, 0.3) is 0 Å². The standard InChI is InChI=1S/C25H25NO7S/c1-17-11-12-18(2)23(13-17)34(29,30)33-22-10-5-4-9-21(22)25(28)32-16-24(27)26-15-19-7-6-8-20(14-19)31-3/h4-14H,15-16H2,1-3H3,(H,26,27). The molecule has 9 heteroatoms. The molecule has 0 fully saturated rings. The van der Waals surface area contributed by atoms with Crippen molar-refractivity contribution in [3.8, 4) is 11.5 Å². The minimum absolute atomic E-state index is 0.00703. The predicted molar refractivity (Wildman–Crippen MR) is 125 cm³/mol. The molecule has 3 aromatic rings. The lowest BCUT2D eigenvalue weighted by atomic mass is 10.2. The molecule has 0 atom stereocenters. The Hall–Kier alpha value is -3.85. The van der Waals surface area contributed by atoms with Gasteiger partial charge in [-0.15, -0.1) is 0 Å². The number of esters is 1. The number of rotatable bonds is 9. The van der Waals surface area contributed by atoms with Crippen LogP contribution in [0.4, 0.5) is 0 Å². The highest BCUT2D eigenvalue weighted by Gasteiger charge is 2.23. The summed E-state index contributed by atoms with van der Waals surface area (Å²) in [6, 6.07) is 17.9. The van der Waals surface area contributed by atoms with E-state index in [0.29, 0.717) is 11.3 Å². The molecule has 0 aliphatic rings. The summed E-state index contributed by atoms with van der Waals surface area (Å²) in [4.78, 5) is 24.7. The first-order chi connectivity index (χ1) is 16.2. The highest BCUT2D eigenvalue weighted by atomic mass is 32.2. The normalized spacial score (nSPS) is 10.9. The van der Waals surface area contributed by atoms with Gasteiger partial charge in [0.25, 0.3) is 5.91 Å². The quantitative estimate of drug-likeness (QED) is 0.366. The SMILES string of the molecule is COc1cccc(CNC(=O)COC(=O)c2ccccc2OS(=O)(=O)c2cc(C)ccc2C)c1. The molecule has 1 N–H and O–H groups in total. The predicted octanol–water partition coefficient (Wildman–Crippen LogP) is 3.55. The number of hydrogen-bond acceptors (Lipinski definition) is 7. The third-order valence-corrected chi connectivity index (χ3v) is 6.26. The van der Waals surface area contributed by atoms with Crippen LogP contribution in [0, 0.1) is 13.8 Å². The molecule has 1 amide bonds. The van der Waals surface area contributed by atoms with Gasteiger partial charge in [0.1, 0.15) is 16.2 Å². The smallest absolute Gasteiger partial charge is 0.342 e. The number of carbonyl (C=O) groups is 2. The topological polar surface area (TPSA) is 108 Å². The van der Waals surface area contributed by atoms with Crippen LogP contribution in [0.1, 0.15) is 27.0 Å². The minimum atomic E-state index is -4.20. The Morgan fingerprint density at radius 2 is 1.71 bits per heavy atom. The Morgan fingerprint density at radius 3 is 2.47 bits per heavy atom. The van der Waals surface area contributed by atoms with Crippen molar-refractivity contribution < 1.29 is 31.7 Å². The maximum Gasteiger partial charge on any atom is 0.342 e. The van der Waals surface area contributed by atoms with Gasteiger partial charge in [-0.05, 0) is 60.9 Å². The third-order valence-electron chi connectivity index (χ3n) is 4.88. The number of carbonyl (C=O) groups excluding carboxylic acids is 2. The molecule has 0 heterocycles. The molecular formula is C25H25NO7S. The summed E-state index contributed by atoms with van der Waals surface area (Å²) in [6.07, 6.45) is 0. The molecule has 0 radical (unpaired) electrons. The zero-order valence-corrected chi connectivity index (χ0v) is 19.8. The average molecular weight is 484 g/mol. The maximum absolute atomic E-state index is 12.8. The van der Waals surface area contributed by atoms with E-state index in [9.17, 15) is 18.0 Å². The number of methoxy groups -OCH3 is 1. The molecule has 3 rings (SSSR count). The summed E-state index contributed by atoms with van der Waals surface area (Å²) in [5, 5.41) is 2.64. The van der Waals surface area contributed by atoms with Crippen molar-refractivity contribution >= 4 is 22.0 Å². The van der Waals surface area contributed by atoms with Gasteiger partial charge in [0, 0.05) is 6.54 Å². The second kappa shape index (κ2) is 10.8. The van der Waals surface area contributed by atoms with E-state index in [1.54, 1.807) is 51.3 Å². The second-order valence-corrected chi connectivity index (χ2v) is 9.02. The Bertz CT molecular complexity index is 1300. The average Bonchev–Trinajstić information content (AvgIpc) is 2.82. The molecule has 0 bridgehead atoms. The summed E-state index contributed by atoms with van der Waals surface area (Å²) in [7, 11) is -2.65. The van der Waals surface area contributed by atoms with E-state index in [2.05, 4.69) is 5.32 Å². The molecule has 0 saturated carbocycles. The molecule has 0 saturated heterocycles. The van der Waals surface area contributed by atoms with E-state index < -0.39 is 28.6 Å². The van der Waals surface area contributed by atoms with Crippen molar-refractivity contribution in [3.63, 3.8) is 0 Å². The number of para-hydroxylation sites is 1. The van der Waals surface area contributed by atoms with Crippen LogP contribution in [0.5, 0.6) is 11.5 Å². The number of aryl methyl sites for hydroxylation is 2. The second-order valence-electron chi connectivity index (χ2n) is 7.51. The van der Waals surface area contributed by atoms with E-state index >= 15 is 0 Å². The Balaban J connectivity index is 1.65. The number of benzene rings is 3. The largest absolute Gasteiger partial charge is 0.497 e. The van der Waals surface area contributed by atoms with Gasteiger partial charge in [-0.2, -0.15) is 8.42 Å². The molecule has 178 valence electrons. The Morgan fingerprint density at radius 1 is 0.941 bits per heavy atom. The van der Waals surface area contributed by atoms with Crippen molar-refractivity contribution in [3.05, 3.63) is 89.0 Å². The Kier molecular flexibility index (Phi) is 7.91. The van der Waals surface area contributed by atoms with E-state index in [4.69, 9.17) is 13.7 Å². The zero-order chi connectivity index (χ0) is 24.7. The zero-order valence-electron chi connectivity index (χ0n) is 19.0. The fourth-order valence-corrected chi connectivity index (χ4v) is 4.35. The molecule has 0 spiro atoms. The maximum atomic E-state index is 12.8. The van der Waals surface area contributed by atoms with Crippen molar-refractivity contribution in [1.82, 2.24) is 5.32 Å². The van der Waals surface area contributed by atoms with E-state index in [1.807, 2.05) is 6.07 Å². The van der Waals surface area contributed by atoms with Crippen molar-refractivity contribution in [1.29, 1.82) is 0 Å². The highest BCUT2D eigenvalue weighted by molar-refractivity contribution is 7.87. The van der Waals surface area contributed by atoms with Gasteiger partial charge in [-0.1, -0.05) is 36.4 Å². The fourth-order valence-electron chi connectivity index (χ4n) is 3.09. The first kappa shape index (κ1) is 24.8. The Labute approximate surface area is 198 Å². The van der Waals surface area contributed by atoms with Gasteiger partial charge in [0.2, 0.25) is 0 Å². The van der Waals surface area contributed by atoms with E-state index in [0.717, 1.165) is 11.1 Å². The summed E-state index contributed by atoms with van der Waals surface area (Å²) in [5.41, 5.74) is 1.96. The summed E-state index contributed by atoms with van der Waals surface area (Å²) in [6.45, 7) is 3.10. The first-order valence-electron chi connectivity index (χ1n) is 10.4. The van der Waals surface area contributed by atoms with Crippen molar-refractivity contribution in [2.75, 3.05) is 13.7 Å². The van der Waals surface area contributed by atoms with Crippen LogP contribution in [-0.2, 0) is 26.2 Å². The number of nitrogens with one attached hydrogen (secondary N) is 1. The molecule has 8 nitrogen and oxygen atoms in total. The van der Waals surface area contributed by atoms with E-state index in [-0.39, 0.29) is 22.8 Å². The molecule has 3 aromatic carbocycles. The van der Waals surface area contributed by atoms with Gasteiger partial charge >= 0.3 is 16.1 Å². The molecule has 0 unspecified atom stereocenters. The first-order valence-corrected chi connectivity index (χ1v) is 11.8. The minimum Gasteiger partial charge on any atom is -0.497 e. The van der Waals surface area contributed by atoms with E-state index in [1.165, 1.54) is 30.3 Å².